The van der Waals surface area contributed by atoms with Gasteiger partial charge in [-0.25, -0.2) is 0 Å². The Hall–Kier alpha value is -0.900. The Bertz CT molecular complexity index is 734. The maximum absolute atomic E-state index is 6.31. The molecule has 3 rings (SSSR count). The second kappa shape index (κ2) is 5.23. The number of aromatic nitrogens is 1. The van der Waals surface area contributed by atoms with E-state index in [9.17, 15) is 0 Å². The van der Waals surface area contributed by atoms with E-state index in [-0.39, 0.29) is 0 Å². The smallest absolute Gasteiger partial charge is 0.0792 e. The van der Waals surface area contributed by atoms with Gasteiger partial charge in [-0.15, -0.1) is 0 Å². The molecule has 3 aromatic rings. The van der Waals surface area contributed by atoms with Crippen LogP contribution in [0.15, 0.2) is 58.0 Å². The van der Waals surface area contributed by atoms with Crippen LogP contribution < -0.4 is 0 Å². The number of fused-ring (bicyclic) bond motifs is 1. The summed E-state index contributed by atoms with van der Waals surface area (Å²) in [5.41, 5.74) is 2.31. The van der Waals surface area contributed by atoms with Crippen molar-refractivity contribution in [3.63, 3.8) is 0 Å². The zero-order valence-electron chi connectivity index (χ0n) is 10.2. The van der Waals surface area contributed by atoms with Crippen molar-refractivity contribution in [1.29, 1.82) is 0 Å². The second-order valence-corrected chi connectivity index (χ2v) is 6.65. The van der Waals surface area contributed by atoms with Crippen LogP contribution in [0, 0.1) is 6.92 Å². The molecule has 0 bridgehead atoms. The minimum atomic E-state index is 0.766. The SMILES string of the molecule is Cc1ccc(Sn2cc(Br)c3cccc(Cl)c32)cc1. The molecule has 1 aromatic heterocycles. The summed E-state index contributed by atoms with van der Waals surface area (Å²) in [6, 6.07) is 14.4. The highest BCUT2D eigenvalue weighted by molar-refractivity contribution is 9.10. The Balaban J connectivity index is 2.08. The Kier molecular flexibility index (Phi) is 3.61. The van der Waals surface area contributed by atoms with Crippen LogP contribution in [0.5, 0.6) is 0 Å². The molecule has 0 radical (unpaired) electrons. The van der Waals surface area contributed by atoms with Gasteiger partial charge in [-0.05, 0) is 53.0 Å². The number of benzene rings is 2. The van der Waals surface area contributed by atoms with Gasteiger partial charge in [0.1, 0.15) is 0 Å². The monoisotopic (exact) mass is 351 g/mol. The average Bonchev–Trinajstić information content (AvgIpc) is 2.71. The fraction of sp³-hybridized carbons (Fsp3) is 0.0667. The van der Waals surface area contributed by atoms with Gasteiger partial charge >= 0.3 is 0 Å². The fourth-order valence-corrected chi connectivity index (χ4v) is 3.86. The van der Waals surface area contributed by atoms with Crippen molar-refractivity contribution in [3.05, 3.63) is 63.7 Å². The number of halogens is 2. The molecule has 0 aliphatic heterocycles. The van der Waals surface area contributed by atoms with Gasteiger partial charge in [-0.3, -0.25) is 3.97 Å². The lowest BCUT2D eigenvalue weighted by atomic mass is 10.2. The quantitative estimate of drug-likeness (QED) is 0.554. The van der Waals surface area contributed by atoms with Crippen molar-refractivity contribution < 1.29 is 0 Å². The van der Waals surface area contributed by atoms with Gasteiger partial charge in [0.05, 0.1) is 10.5 Å². The summed E-state index contributed by atoms with van der Waals surface area (Å²) in [6.45, 7) is 2.09. The van der Waals surface area contributed by atoms with Gasteiger partial charge in [0.15, 0.2) is 0 Å². The van der Waals surface area contributed by atoms with E-state index in [4.69, 9.17) is 11.6 Å². The summed E-state index contributed by atoms with van der Waals surface area (Å²) >= 11 is 11.6. The maximum atomic E-state index is 6.31. The van der Waals surface area contributed by atoms with Crippen LogP contribution in [0.2, 0.25) is 5.02 Å². The Morgan fingerprint density at radius 2 is 1.84 bits per heavy atom. The summed E-state index contributed by atoms with van der Waals surface area (Å²) in [7, 11) is 0. The molecule has 19 heavy (non-hydrogen) atoms. The van der Waals surface area contributed by atoms with Gasteiger partial charge in [-0.1, -0.05) is 41.4 Å². The molecule has 0 aliphatic carbocycles. The van der Waals surface area contributed by atoms with E-state index >= 15 is 0 Å². The molecule has 96 valence electrons. The molecule has 0 saturated heterocycles. The lowest BCUT2D eigenvalue weighted by Gasteiger charge is -2.05. The second-order valence-electron chi connectivity index (χ2n) is 4.34. The van der Waals surface area contributed by atoms with E-state index in [1.807, 2.05) is 12.1 Å². The zero-order valence-corrected chi connectivity index (χ0v) is 13.4. The molecule has 0 spiro atoms. The Labute approximate surface area is 129 Å². The molecular weight excluding hydrogens is 342 g/mol. The van der Waals surface area contributed by atoms with Gasteiger partial charge in [0.2, 0.25) is 0 Å². The van der Waals surface area contributed by atoms with Crippen molar-refractivity contribution in [1.82, 2.24) is 3.97 Å². The molecule has 0 unspecified atom stereocenters. The van der Waals surface area contributed by atoms with Crippen molar-refractivity contribution in [2.45, 2.75) is 11.8 Å². The predicted molar refractivity (Wildman–Crippen MR) is 87.1 cm³/mol. The standard InChI is InChI=1S/C15H11BrClNS/c1-10-5-7-11(8-6-10)19-18-9-13(16)12-3-2-4-14(17)15(12)18/h2-9H,1H3. The topological polar surface area (TPSA) is 4.93 Å². The van der Waals surface area contributed by atoms with Gasteiger partial charge < -0.3 is 0 Å². The minimum absolute atomic E-state index is 0.766. The molecule has 1 heterocycles. The third kappa shape index (κ3) is 2.55. The van der Waals surface area contributed by atoms with E-state index in [1.54, 1.807) is 11.9 Å². The molecule has 0 N–H and O–H groups in total. The van der Waals surface area contributed by atoms with E-state index in [0.29, 0.717) is 0 Å². The number of hydrogen-bond donors (Lipinski definition) is 0. The molecule has 1 nitrogen and oxygen atoms in total. The van der Waals surface area contributed by atoms with Crippen LogP contribution in [-0.2, 0) is 0 Å². The summed E-state index contributed by atoms with van der Waals surface area (Å²) in [4.78, 5) is 1.19. The summed E-state index contributed by atoms with van der Waals surface area (Å²) in [5.74, 6) is 0. The summed E-state index contributed by atoms with van der Waals surface area (Å²) in [5, 5.41) is 1.90. The number of para-hydroxylation sites is 1. The third-order valence-electron chi connectivity index (χ3n) is 2.92. The van der Waals surface area contributed by atoms with Crippen molar-refractivity contribution in [2.24, 2.45) is 0 Å². The lowest BCUT2D eigenvalue weighted by Crippen LogP contribution is -1.85. The normalized spacial score (nSPS) is 11.1. The van der Waals surface area contributed by atoms with Crippen LogP contribution in [0.25, 0.3) is 10.9 Å². The number of rotatable bonds is 2. The van der Waals surface area contributed by atoms with E-state index in [0.717, 1.165) is 20.4 Å². The Morgan fingerprint density at radius 1 is 1.11 bits per heavy atom. The minimum Gasteiger partial charge on any atom is -0.284 e. The first-order chi connectivity index (χ1) is 9.15. The highest BCUT2D eigenvalue weighted by atomic mass is 79.9. The highest BCUT2D eigenvalue weighted by Gasteiger charge is 2.10. The molecular formula is C15H11BrClNS. The highest BCUT2D eigenvalue weighted by Crippen LogP contribution is 2.35. The van der Waals surface area contributed by atoms with Crippen molar-refractivity contribution >= 4 is 50.4 Å². The zero-order chi connectivity index (χ0) is 13.4. The van der Waals surface area contributed by atoms with Crippen LogP contribution >= 0.6 is 39.5 Å². The first-order valence-corrected chi connectivity index (χ1v) is 7.79. The average molecular weight is 353 g/mol. The molecule has 0 fully saturated rings. The fourth-order valence-electron chi connectivity index (χ4n) is 1.95. The van der Waals surface area contributed by atoms with E-state index < -0.39 is 0 Å². The molecule has 2 aromatic carbocycles. The number of aryl methyl sites for hydroxylation is 1. The first-order valence-electron chi connectivity index (χ1n) is 5.85. The van der Waals surface area contributed by atoms with E-state index in [2.05, 4.69) is 63.4 Å². The van der Waals surface area contributed by atoms with Crippen LogP contribution in [0.4, 0.5) is 0 Å². The van der Waals surface area contributed by atoms with Gasteiger partial charge in [0, 0.05) is 21.0 Å². The summed E-state index contributed by atoms with van der Waals surface area (Å²) < 4.78 is 3.16. The number of nitrogens with zero attached hydrogens (tertiary/aromatic N) is 1. The summed E-state index contributed by atoms with van der Waals surface area (Å²) in [6.07, 6.45) is 2.06. The van der Waals surface area contributed by atoms with E-state index in [1.165, 1.54) is 10.5 Å². The van der Waals surface area contributed by atoms with Crippen LogP contribution in [0.1, 0.15) is 5.56 Å². The van der Waals surface area contributed by atoms with Crippen molar-refractivity contribution in [3.8, 4) is 0 Å². The van der Waals surface area contributed by atoms with Crippen molar-refractivity contribution in [2.75, 3.05) is 0 Å². The maximum Gasteiger partial charge on any atom is 0.0792 e. The van der Waals surface area contributed by atoms with Gasteiger partial charge in [0.25, 0.3) is 0 Å². The molecule has 0 atom stereocenters. The molecule has 0 aliphatic rings. The van der Waals surface area contributed by atoms with Gasteiger partial charge in [-0.2, -0.15) is 0 Å². The largest absolute Gasteiger partial charge is 0.284 e. The Morgan fingerprint density at radius 3 is 2.58 bits per heavy atom. The van der Waals surface area contributed by atoms with Crippen LogP contribution in [0.3, 0.4) is 0 Å². The first kappa shape index (κ1) is 13.1. The molecule has 4 heteroatoms. The molecule has 0 amide bonds. The lowest BCUT2D eigenvalue weighted by molar-refractivity contribution is 1.30. The molecule has 0 saturated carbocycles. The number of hydrogen-bond acceptors (Lipinski definition) is 1. The van der Waals surface area contributed by atoms with Crippen LogP contribution in [-0.4, -0.2) is 3.97 Å². The third-order valence-corrected chi connectivity index (χ3v) is 4.82. The predicted octanol–water partition coefficient (Wildman–Crippen LogP) is 5.92.